The Bertz CT molecular complexity index is 1290. The number of amides is 2. The summed E-state index contributed by atoms with van der Waals surface area (Å²) in [6, 6.07) is 2.78. The zero-order valence-electron chi connectivity index (χ0n) is 18.9. The summed E-state index contributed by atoms with van der Waals surface area (Å²) < 4.78 is 7.06. The number of fused-ring (bicyclic) bond motifs is 1. The third kappa shape index (κ3) is 4.55. The standard InChI is InChI=1S/C21H26N8O5/c1-11-14-9-15(19(31)26-17-7-8-24-29(17)33-2)20(32)28(18(14)27-21(23)25-11)12-3-5-13(6-4-12)34-10-16(22)30/h7-9,12-13H,3-6,10H2,1-2H3,(H2,22,30)(H,26,31)(H2,23,25,27). The number of carbonyl (C=O) groups is 2. The summed E-state index contributed by atoms with van der Waals surface area (Å²) in [5.41, 5.74) is 11.4. The van der Waals surface area contributed by atoms with Crippen LogP contribution in [0.4, 0.5) is 11.8 Å². The molecule has 13 heteroatoms. The molecule has 0 bridgehead atoms. The molecule has 1 saturated carbocycles. The minimum Gasteiger partial charge on any atom is -0.398 e. The predicted octanol–water partition coefficient (Wildman–Crippen LogP) is 0.175. The maximum atomic E-state index is 13.6. The molecule has 0 atom stereocenters. The van der Waals surface area contributed by atoms with Crippen molar-refractivity contribution in [2.75, 3.05) is 24.8 Å². The number of nitrogens with zero attached hydrogens (tertiary/aromatic N) is 5. The van der Waals surface area contributed by atoms with Gasteiger partial charge in [-0.05, 0) is 38.7 Å². The highest BCUT2D eigenvalue weighted by atomic mass is 16.7. The third-order valence-electron chi connectivity index (χ3n) is 5.84. The number of ether oxygens (including phenoxy) is 1. The van der Waals surface area contributed by atoms with Gasteiger partial charge in [-0.3, -0.25) is 19.0 Å². The fraction of sp³-hybridized carbons (Fsp3) is 0.429. The SMILES string of the molecule is COn1nccc1NC(=O)c1cc2c(C)nc(N)nc2n(C2CCC(OCC(N)=O)CC2)c1=O. The van der Waals surface area contributed by atoms with Crippen molar-refractivity contribution in [2.24, 2.45) is 5.73 Å². The molecule has 0 saturated heterocycles. The first-order chi connectivity index (χ1) is 16.3. The van der Waals surface area contributed by atoms with Crippen LogP contribution in [-0.4, -0.2) is 56.1 Å². The van der Waals surface area contributed by atoms with E-state index in [1.54, 1.807) is 13.0 Å². The molecule has 0 aromatic carbocycles. The Labute approximate surface area is 194 Å². The Kier molecular flexibility index (Phi) is 6.45. The van der Waals surface area contributed by atoms with Crippen molar-refractivity contribution in [2.45, 2.75) is 44.8 Å². The van der Waals surface area contributed by atoms with Gasteiger partial charge in [0.05, 0.1) is 18.0 Å². The van der Waals surface area contributed by atoms with E-state index in [0.717, 1.165) is 4.85 Å². The van der Waals surface area contributed by atoms with Gasteiger partial charge in [0.1, 0.15) is 24.9 Å². The summed E-state index contributed by atoms with van der Waals surface area (Å²) in [6.45, 7) is 1.60. The number of pyridine rings is 1. The molecule has 0 aliphatic heterocycles. The molecular weight excluding hydrogens is 444 g/mol. The normalized spacial score (nSPS) is 18.1. The number of anilines is 2. The average Bonchev–Trinajstić information content (AvgIpc) is 3.24. The Morgan fingerprint density at radius 1 is 1.24 bits per heavy atom. The highest BCUT2D eigenvalue weighted by molar-refractivity contribution is 6.05. The Balaban J connectivity index is 1.72. The molecule has 13 nitrogen and oxygen atoms in total. The first kappa shape index (κ1) is 23.2. The lowest BCUT2D eigenvalue weighted by Crippen LogP contribution is -2.35. The second-order valence-corrected chi connectivity index (χ2v) is 8.07. The summed E-state index contributed by atoms with van der Waals surface area (Å²) in [5.74, 6) is -0.830. The second-order valence-electron chi connectivity index (χ2n) is 8.07. The Morgan fingerprint density at radius 3 is 2.65 bits per heavy atom. The average molecular weight is 470 g/mol. The number of nitrogen functional groups attached to an aromatic ring is 1. The molecule has 0 radical (unpaired) electrons. The summed E-state index contributed by atoms with van der Waals surface area (Å²) in [7, 11) is 1.40. The van der Waals surface area contributed by atoms with Gasteiger partial charge in [0.15, 0.2) is 5.82 Å². The predicted molar refractivity (Wildman–Crippen MR) is 122 cm³/mol. The van der Waals surface area contributed by atoms with E-state index in [9.17, 15) is 14.4 Å². The quantitative estimate of drug-likeness (QED) is 0.433. The van der Waals surface area contributed by atoms with Gasteiger partial charge in [-0.1, -0.05) is 4.85 Å². The third-order valence-corrected chi connectivity index (χ3v) is 5.84. The van der Waals surface area contributed by atoms with E-state index in [1.165, 1.54) is 23.9 Å². The molecule has 3 aromatic rings. The van der Waals surface area contributed by atoms with E-state index in [4.69, 9.17) is 21.0 Å². The molecule has 1 fully saturated rings. The van der Waals surface area contributed by atoms with Crippen molar-refractivity contribution in [3.63, 3.8) is 0 Å². The van der Waals surface area contributed by atoms with E-state index >= 15 is 0 Å². The Morgan fingerprint density at radius 2 is 1.97 bits per heavy atom. The molecular formula is C21H26N8O5. The molecule has 180 valence electrons. The molecule has 1 aliphatic carbocycles. The molecule has 5 N–H and O–H groups in total. The van der Waals surface area contributed by atoms with Gasteiger partial charge in [-0.2, -0.15) is 4.98 Å². The number of hydrogen-bond donors (Lipinski definition) is 3. The highest BCUT2D eigenvalue weighted by Crippen LogP contribution is 2.31. The van der Waals surface area contributed by atoms with Crippen LogP contribution < -0.4 is 27.2 Å². The van der Waals surface area contributed by atoms with E-state index < -0.39 is 17.4 Å². The van der Waals surface area contributed by atoms with Crippen LogP contribution in [0.5, 0.6) is 0 Å². The van der Waals surface area contributed by atoms with Crippen molar-refractivity contribution in [3.05, 3.63) is 39.9 Å². The van der Waals surface area contributed by atoms with Crippen LogP contribution in [0.3, 0.4) is 0 Å². The summed E-state index contributed by atoms with van der Waals surface area (Å²) >= 11 is 0. The first-order valence-corrected chi connectivity index (χ1v) is 10.8. The van der Waals surface area contributed by atoms with Gasteiger partial charge in [0.2, 0.25) is 11.9 Å². The molecule has 0 unspecified atom stereocenters. The fourth-order valence-corrected chi connectivity index (χ4v) is 4.25. The van der Waals surface area contributed by atoms with Crippen molar-refractivity contribution < 1.29 is 19.2 Å². The van der Waals surface area contributed by atoms with Crippen LogP contribution in [0.1, 0.15) is 47.8 Å². The molecule has 2 amide bonds. The zero-order valence-corrected chi connectivity index (χ0v) is 18.9. The van der Waals surface area contributed by atoms with Gasteiger partial charge in [-0.25, -0.2) is 4.98 Å². The molecule has 4 rings (SSSR count). The lowest BCUT2D eigenvalue weighted by molar-refractivity contribution is -0.125. The smallest absolute Gasteiger partial charge is 0.265 e. The molecule has 1 aliphatic rings. The van der Waals surface area contributed by atoms with E-state index in [1.807, 2.05) is 0 Å². The first-order valence-electron chi connectivity index (χ1n) is 10.8. The minimum absolute atomic E-state index is 0.0397. The highest BCUT2D eigenvalue weighted by Gasteiger charge is 2.28. The van der Waals surface area contributed by atoms with Crippen LogP contribution in [0.2, 0.25) is 0 Å². The van der Waals surface area contributed by atoms with Crippen LogP contribution in [-0.2, 0) is 9.53 Å². The maximum Gasteiger partial charge on any atom is 0.265 e. The lowest BCUT2D eigenvalue weighted by Gasteiger charge is -2.30. The summed E-state index contributed by atoms with van der Waals surface area (Å²) in [5, 5.41) is 7.12. The maximum absolute atomic E-state index is 13.6. The number of hydrogen-bond acceptors (Lipinski definition) is 9. The van der Waals surface area contributed by atoms with Gasteiger partial charge >= 0.3 is 0 Å². The van der Waals surface area contributed by atoms with E-state index in [2.05, 4.69) is 20.4 Å². The van der Waals surface area contributed by atoms with E-state index in [0.29, 0.717) is 42.4 Å². The van der Waals surface area contributed by atoms with Crippen LogP contribution >= 0.6 is 0 Å². The topological polar surface area (TPSA) is 182 Å². The van der Waals surface area contributed by atoms with Gasteiger partial charge in [0.25, 0.3) is 11.5 Å². The lowest BCUT2D eigenvalue weighted by atomic mass is 9.92. The molecule has 34 heavy (non-hydrogen) atoms. The van der Waals surface area contributed by atoms with Crippen LogP contribution in [0.25, 0.3) is 11.0 Å². The van der Waals surface area contributed by atoms with Gasteiger partial charge in [0, 0.05) is 17.5 Å². The molecule has 3 aromatic heterocycles. The van der Waals surface area contributed by atoms with Crippen LogP contribution in [0, 0.1) is 6.92 Å². The van der Waals surface area contributed by atoms with Crippen molar-refractivity contribution >= 4 is 34.6 Å². The number of carbonyl (C=O) groups excluding carboxylic acids is 2. The zero-order chi connectivity index (χ0) is 24.4. The van der Waals surface area contributed by atoms with Crippen molar-refractivity contribution in [1.29, 1.82) is 0 Å². The number of rotatable bonds is 7. The second kappa shape index (κ2) is 9.47. The van der Waals surface area contributed by atoms with Gasteiger partial charge in [-0.15, -0.1) is 5.10 Å². The fourth-order valence-electron chi connectivity index (χ4n) is 4.25. The number of aromatic nitrogens is 5. The Hall–Kier alpha value is -4.00. The van der Waals surface area contributed by atoms with Gasteiger partial charge < -0.3 is 26.4 Å². The van der Waals surface area contributed by atoms with Crippen molar-refractivity contribution in [3.8, 4) is 0 Å². The number of nitrogens with one attached hydrogen (secondary N) is 1. The monoisotopic (exact) mass is 470 g/mol. The minimum atomic E-state index is -0.617. The number of nitrogens with two attached hydrogens (primary N) is 2. The molecule has 3 heterocycles. The van der Waals surface area contributed by atoms with E-state index in [-0.39, 0.29) is 36.1 Å². The number of primary amides is 1. The number of aryl methyl sites for hydroxylation is 1. The largest absolute Gasteiger partial charge is 0.398 e. The van der Waals surface area contributed by atoms with Crippen molar-refractivity contribution in [1.82, 2.24) is 24.5 Å². The summed E-state index contributed by atoms with van der Waals surface area (Å²) in [4.78, 5) is 52.4. The molecule has 0 spiro atoms. The summed E-state index contributed by atoms with van der Waals surface area (Å²) in [6.07, 6.45) is 3.74. The van der Waals surface area contributed by atoms with Crippen LogP contribution in [0.15, 0.2) is 23.1 Å².